The Labute approximate surface area is 262 Å². The molecule has 0 unspecified atom stereocenters. The van der Waals surface area contributed by atoms with Gasteiger partial charge in [0, 0.05) is 42.7 Å². The van der Waals surface area contributed by atoms with Crippen LogP contribution in [0.3, 0.4) is 0 Å². The molecule has 0 spiro atoms. The summed E-state index contributed by atoms with van der Waals surface area (Å²) >= 11 is 0. The van der Waals surface area contributed by atoms with Crippen molar-refractivity contribution in [2.24, 2.45) is 5.92 Å². The third-order valence-electron chi connectivity index (χ3n) is 8.75. The Hall–Kier alpha value is -5.12. The number of carbonyl (C=O) groups excluding carboxylic acids is 2. The van der Waals surface area contributed by atoms with Gasteiger partial charge in [0.05, 0.1) is 29.4 Å². The van der Waals surface area contributed by atoms with Crippen molar-refractivity contribution >= 4 is 28.5 Å². The van der Waals surface area contributed by atoms with Crippen molar-refractivity contribution in [1.29, 1.82) is 10.5 Å². The molecule has 2 amide bonds. The van der Waals surface area contributed by atoms with Crippen molar-refractivity contribution in [2.75, 3.05) is 18.4 Å². The van der Waals surface area contributed by atoms with Crippen molar-refractivity contribution in [2.45, 2.75) is 57.2 Å². The normalized spacial score (nSPS) is 18.9. The second-order valence-electron chi connectivity index (χ2n) is 11.9. The summed E-state index contributed by atoms with van der Waals surface area (Å²) in [7, 11) is 0. The fraction of sp³-hybridized carbons (Fsp3) is 0.333. The number of nitrogens with one attached hydrogen (secondary N) is 2. The number of fused-ring (bicyclic) bond motifs is 1. The fourth-order valence-electron chi connectivity index (χ4n) is 6.16. The number of rotatable bonds is 8. The lowest BCUT2D eigenvalue weighted by atomic mass is 9.86. The highest BCUT2D eigenvalue weighted by Gasteiger charge is 2.28. The molecule has 2 aliphatic rings. The molecule has 1 aliphatic heterocycles. The van der Waals surface area contributed by atoms with Gasteiger partial charge in [0.15, 0.2) is 5.76 Å². The Kier molecular flexibility index (Phi) is 9.09. The minimum atomic E-state index is -0.234. The zero-order chi connectivity index (χ0) is 31.2. The van der Waals surface area contributed by atoms with Gasteiger partial charge >= 0.3 is 0 Å². The van der Waals surface area contributed by atoms with Crippen molar-refractivity contribution in [3.63, 3.8) is 0 Å². The second-order valence-corrected chi connectivity index (χ2v) is 11.9. The Morgan fingerprint density at radius 3 is 2.18 bits per heavy atom. The fourth-order valence-corrected chi connectivity index (χ4v) is 6.16. The standard InChI is InChI=1S/C36H35N5O4/c37-21-24-1-3-26(4-2-24)23-41-17-15-29(16-18-41)39-36(43)34-20-28-19-30(9-14-33(28)45-34)40-35(42)27-7-12-32(13-8-27)44-31-10-5-25(22-38)6-11-31/h1-6,9-11,14,19-20,27,29,32H,7-8,12-13,15-18,23H2,(H,39,43)(H,40,42)/t27-,32-. The molecule has 3 aromatic carbocycles. The van der Waals surface area contributed by atoms with Crippen LogP contribution in [-0.2, 0) is 11.3 Å². The maximum Gasteiger partial charge on any atom is 0.287 e. The predicted molar refractivity (Wildman–Crippen MR) is 169 cm³/mol. The molecule has 0 radical (unpaired) electrons. The van der Waals surface area contributed by atoms with E-state index in [2.05, 4.69) is 27.7 Å². The van der Waals surface area contributed by atoms with Gasteiger partial charge in [-0.25, -0.2) is 0 Å². The van der Waals surface area contributed by atoms with Crippen LogP contribution < -0.4 is 15.4 Å². The van der Waals surface area contributed by atoms with Crippen molar-refractivity contribution in [3.8, 4) is 17.9 Å². The third kappa shape index (κ3) is 7.52. The highest BCUT2D eigenvalue weighted by Crippen LogP contribution is 2.30. The van der Waals surface area contributed by atoms with E-state index in [0.29, 0.717) is 22.4 Å². The number of likely N-dealkylation sites (tertiary alicyclic amines) is 1. The second kappa shape index (κ2) is 13.7. The maximum atomic E-state index is 13.0. The summed E-state index contributed by atoms with van der Waals surface area (Å²) in [5.74, 6) is 0.655. The molecule has 9 nitrogen and oxygen atoms in total. The van der Waals surface area contributed by atoms with E-state index < -0.39 is 0 Å². The number of hydrogen-bond donors (Lipinski definition) is 2. The minimum Gasteiger partial charge on any atom is -0.490 e. The first kappa shape index (κ1) is 29.9. The van der Waals surface area contributed by atoms with E-state index >= 15 is 0 Å². The van der Waals surface area contributed by atoms with Gasteiger partial charge in [-0.05, 0) is 105 Å². The highest BCUT2D eigenvalue weighted by molar-refractivity contribution is 5.98. The van der Waals surface area contributed by atoms with Gasteiger partial charge in [0.25, 0.3) is 5.91 Å². The molecular weight excluding hydrogens is 566 g/mol. The monoisotopic (exact) mass is 601 g/mol. The number of nitriles is 2. The molecule has 228 valence electrons. The molecular formula is C36H35N5O4. The summed E-state index contributed by atoms with van der Waals surface area (Å²) < 4.78 is 11.9. The molecule has 2 heterocycles. The molecule has 1 saturated carbocycles. The number of piperidine rings is 1. The zero-order valence-corrected chi connectivity index (χ0v) is 25.0. The number of ether oxygens (including phenoxy) is 1. The van der Waals surface area contributed by atoms with Crippen LogP contribution in [0, 0.1) is 28.6 Å². The number of furan rings is 1. The van der Waals surface area contributed by atoms with Crippen LogP contribution in [0.15, 0.2) is 77.2 Å². The first-order valence-corrected chi connectivity index (χ1v) is 15.5. The number of nitrogens with zero attached hydrogens (tertiary/aromatic N) is 3. The summed E-state index contributed by atoms with van der Waals surface area (Å²) in [5.41, 5.74) is 3.70. The molecule has 6 rings (SSSR count). The molecule has 2 N–H and O–H groups in total. The SMILES string of the molecule is N#Cc1ccc(CN2CCC(NC(=O)c3cc4cc(NC(=O)[C@H]5CC[C@H](Oc6ccc(C#N)cc6)CC5)ccc4o3)CC2)cc1. The molecule has 1 aromatic heterocycles. The molecule has 1 aliphatic carbocycles. The largest absolute Gasteiger partial charge is 0.490 e. The Morgan fingerprint density at radius 2 is 1.51 bits per heavy atom. The third-order valence-corrected chi connectivity index (χ3v) is 8.75. The van der Waals surface area contributed by atoms with E-state index in [1.165, 1.54) is 5.56 Å². The smallest absolute Gasteiger partial charge is 0.287 e. The van der Waals surface area contributed by atoms with Gasteiger partial charge in [0.2, 0.25) is 5.91 Å². The number of carbonyl (C=O) groups is 2. The first-order valence-electron chi connectivity index (χ1n) is 15.5. The summed E-state index contributed by atoms with van der Waals surface area (Å²) in [6.07, 6.45) is 4.79. The van der Waals surface area contributed by atoms with Crippen LogP contribution in [0.4, 0.5) is 5.69 Å². The van der Waals surface area contributed by atoms with Gasteiger partial charge in [-0.15, -0.1) is 0 Å². The van der Waals surface area contributed by atoms with E-state index in [-0.39, 0.29) is 35.6 Å². The van der Waals surface area contributed by atoms with E-state index in [1.807, 2.05) is 42.5 Å². The van der Waals surface area contributed by atoms with E-state index in [9.17, 15) is 9.59 Å². The molecule has 2 fully saturated rings. The summed E-state index contributed by atoms with van der Waals surface area (Å²) in [6, 6.07) is 26.3. The predicted octanol–water partition coefficient (Wildman–Crippen LogP) is 6.15. The summed E-state index contributed by atoms with van der Waals surface area (Å²) in [6.45, 7) is 2.57. The van der Waals surface area contributed by atoms with Crippen LogP contribution >= 0.6 is 0 Å². The summed E-state index contributed by atoms with van der Waals surface area (Å²) in [5, 5.41) is 24.9. The Morgan fingerprint density at radius 1 is 0.844 bits per heavy atom. The van der Waals surface area contributed by atoms with E-state index in [0.717, 1.165) is 69.3 Å². The maximum absolute atomic E-state index is 13.0. The molecule has 9 heteroatoms. The topological polar surface area (TPSA) is 131 Å². The molecule has 0 bridgehead atoms. The van der Waals surface area contributed by atoms with E-state index in [4.69, 9.17) is 19.7 Å². The lowest BCUT2D eigenvalue weighted by Gasteiger charge is -2.32. The number of hydrogen-bond acceptors (Lipinski definition) is 7. The van der Waals surface area contributed by atoms with Gasteiger partial charge in [-0.3, -0.25) is 14.5 Å². The molecule has 0 atom stereocenters. The van der Waals surface area contributed by atoms with Gasteiger partial charge < -0.3 is 19.8 Å². The lowest BCUT2D eigenvalue weighted by Crippen LogP contribution is -2.44. The summed E-state index contributed by atoms with van der Waals surface area (Å²) in [4.78, 5) is 28.4. The number of anilines is 1. The van der Waals surface area contributed by atoms with E-state index in [1.54, 1.807) is 30.3 Å². The van der Waals surface area contributed by atoms with Gasteiger partial charge in [-0.1, -0.05) is 12.1 Å². The van der Waals surface area contributed by atoms with Gasteiger partial charge in [-0.2, -0.15) is 10.5 Å². The number of benzene rings is 3. The first-order chi connectivity index (χ1) is 21.9. The average Bonchev–Trinajstić information content (AvgIpc) is 3.50. The Balaban J connectivity index is 0.964. The quantitative estimate of drug-likeness (QED) is 0.248. The molecule has 1 saturated heterocycles. The molecule has 4 aromatic rings. The van der Waals surface area contributed by atoms with Crippen LogP contribution in [0.25, 0.3) is 11.0 Å². The van der Waals surface area contributed by atoms with Gasteiger partial charge in [0.1, 0.15) is 11.3 Å². The minimum absolute atomic E-state index is 0.0156. The van der Waals surface area contributed by atoms with Crippen LogP contribution in [0.2, 0.25) is 0 Å². The number of amides is 2. The Bertz CT molecular complexity index is 1730. The lowest BCUT2D eigenvalue weighted by molar-refractivity contribution is -0.121. The van der Waals surface area contributed by atoms with Crippen molar-refractivity contribution in [3.05, 3.63) is 95.2 Å². The van der Waals surface area contributed by atoms with Crippen molar-refractivity contribution < 1.29 is 18.7 Å². The van der Waals surface area contributed by atoms with Crippen molar-refractivity contribution in [1.82, 2.24) is 10.2 Å². The van der Waals surface area contributed by atoms with Crippen LogP contribution in [0.1, 0.15) is 65.8 Å². The highest BCUT2D eigenvalue weighted by atomic mass is 16.5. The average molecular weight is 602 g/mol. The van der Waals surface area contributed by atoms with Crippen LogP contribution in [-0.4, -0.2) is 41.9 Å². The zero-order valence-electron chi connectivity index (χ0n) is 25.0. The molecule has 45 heavy (non-hydrogen) atoms. The van der Waals surface area contributed by atoms with Crippen LogP contribution in [0.5, 0.6) is 5.75 Å².